The Bertz CT molecular complexity index is 1400. The summed E-state index contributed by atoms with van der Waals surface area (Å²) in [6.07, 6.45) is 0. The Hall–Kier alpha value is -4.38. The number of rotatable bonds is 5. The van der Waals surface area contributed by atoms with E-state index in [1.807, 2.05) is 61.5 Å². The fraction of sp³-hybridized carbons (Fsp3) is 0.0714. The van der Waals surface area contributed by atoms with Crippen molar-refractivity contribution in [3.8, 4) is 5.75 Å². The molecule has 162 valence electrons. The molecule has 33 heavy (non-hydrogen) atoms. The van der Waals surface area contributed by atoms with Gasteiger partial charge < -0.3 is 10.1 Å². The molecule has 4 aromatic carbocycles. The number of fused-ring (bicyclic) bond motifs is 1. The van der Waals surface area contributed by atoms with E-state index in [-0.39, 0.29) is 17.5 Å². The zero-order valence-electron chi connectivity index (χ0n) is 18.3. The number of nitrogens with one attached hydrogen (secondary N) is 1. The number of amides is 2. The zero-order valence-corrected chi connectivity index (χ0v) is 18.3. The highest BCUT2D eigenvalue weighted by Gasteiger charge is 2.40. The van der Waals surface area contributed by atoms with Crippen molar-refractivity contribution in [3.63, 3.8) is 0 Å². The van der Waals surface area contributed by atoms with E-state index in [0.717, 1.165) is 22.0 Å². The summed E-state index contributed by atoms with van der Waals surface area (Å²) in [5.74, 6) is -0.0746. The highest BCUT2D eigenvalue weighted by Crippen LogP contribution is 2.35. The first-order valence-corrected chi connectivity index (χ1v) is 10.7. The molecule has 0 atom stereocenters. The Morgan fingerprint density at radius 2 is 1.45 bits per heavy atom. The molecule has 0 radical (unpaired) electrons. The van der Waals surface area contributed by atoms with Crippen molar-refractivity contribution in [2.24, 2.45) is 0 Å². The fourth-order valence-electron chi connectivity index (χ4n) is 4.07. The van der Waals surface area contributed by atoms with E-state index in [0.29, 0.717) is 22.6 Å². The third-order valence-electron chi connectivity index (χ3n) is 5.80. The van der Waals surface area contributed by atoms with Gasteiger partial charge in [-0.1, -0.05) is 66.2 Å². The third-order valence-corrected chi connectivity index (χ3v) is 5.80. The largest absolute Gasteiger partial charge is 0.497 e. The van der Waals surface area contributed by atoms with Gasteiger partial charge in [0.25, 0.3) is 11.8 Å². The van der Waals surface area contributed by atoms with Crippen LogP contribution in [-0.4, -0.2) is 18.9 Å². The summed E-state index contributed by atoms with van der Waals surface area (Å²) in [6.45, 7) is 1.96. The Kier molecular flexibility index (Phi) is 5.15. The maximum absolute atomic E-state index is 13.6. The summed E-state index contributed by atoms with van der Waals surface area (Å²) in [4.78, 5) is 28.4. The number of anilines is 2. The van der Waals surface area contributed by atoms with Crippen LogP contribution in [0.25, 0.3) is 16.3 Å². The number of hydrogen-bond donors (Lipinski definition) is 1. The standard InChI is InChI=1S/C28H22N2O3/c1-18-10-14-21(15-11-18)30-27(31)25(20-12-16-22(33-2)17-13-20)26(28(30)32)29-24-9-5-7-19-6-3-4-8-23(19)24/h3-17,29H,1-2H3. The van der Waals surface area contributed by atoms with Gasteiger partial charge in [0.15, 0.2) is 0 Å². The first-order chi connectivity index (χ1) is 16.1. The molecule has 5 nitrogen and oxygen atoms in total. The first-order valence-electron chi connectivity index (χ1n) is 10.7. The molecule has 0 spiro atoms. The quantitative estimate of drug-likeness (QED) is 0.418. The van der Waals surface area contributed by atoms with Crippen LogP contribution in [0.2, 0.25) is 0 Å². The molecular formula is C28H22N2O3. The Labute approximate surface area is 191 Å². The number of aryl methyl sites for hydroxylation is 1. The van der Waals surface area contributed by atoms with Gasteiger partial charge in [-0.25, -0.2) is 4.90 Å². The Morgan fingerprint density at radius 1 is 0.758 bits per heavy atom. The zero-order chi connectivity index (χ0) is 22.9. The lowest BCUT2D eigenvalue weighted by Gasteiger charge is -2.16. The van der Waals surface area contributed by atoms with E-state index in [1.54, 1.807) is 43.5 Å². The summed E-state index contributed by atoms with van der Waals surface area (Å²) >= 11 is 0. The number of hydrogen-bond acceptors (Lipinski definition) is 4. The van der Waals surface area contributed by atoms with Crippen LogP contribution in [0.3, 0.4) is 0 Å². The summed E-state index contributed by atoms with van der Waals surface area (Å²) in [5.41, 5.74) is 3.58. The molecule has 1 aliphatic heterocycles. The number of benzene rings is 4. The van der Waals surface area contributed by atoms with Crippen molar-refractivity contribution >= 4 is 39.5 Å². The molecule has 0 saturated carbocycles. The molecular weight excluding hydrogens is 412 g/mol. The van der Waals surface area contributed by atoms with Crippen LogP contribution in [0.4, 0.5) is 11.4 Å². The summed E-state index contributed by atoms with van der Waals surface area (Å²) < 4.78 is 5.26. The molecule has 4 aromatic rings. The predicted molar refractivity (Wildman–Crippen MR) is 131 cm³/mol. The summed E-state index contributed by atoms with van der Waals surface area (Å²) in [6, 6.07) is 28.3. The molecule has 1 heterocycles. The SMILES string of the molecule is COc1ccc(C2=C(Nc3cccc4ccccc34)C(=O)N(c3ccc(C)cc3)C2=O)cc1. The van der Waals surface area contributed by atoms with E-state index < -0.39 is 0 Å². The minimum Gasteiger partial charge on any atom is -0.497 e. The lowest BCUT2D eigenvalue weighted by atomic mass is 10.0. The number of ether oxygens (including phenoxy) is 1. The van der Waals surface area contributed by atoms with Crippen LogP contribution >= 0.6 is 0 Å². The number of nitrogens with zero attached hydrogens (tertiary/aromatic N) is 1. The van der Waals surface area contributed by atoms with Crippen molar-refractivity contribution in [1.29, 1.82) is 0 Å². The summed E-state index contributed by atoms with van der Waals surface area (Å²) in [7, 11) is 1.59. The predicted octanol–water partition coefficient (Wildman–Crippen LogP) is 5.55. The monoisotopic (exact) mass is 434 g/mol. The van der Waals surface area contributed by atoms with Gasteiger partial charge in [0.05, 0.1) is 18.4 Å². The van der Waals surface area contributed by atoms with E-state index in [1.165, 1.54) is 4.90 Å². The topological polar surface area (TPSA) is 58.6 Å². The third kappa shape index (κ3) is 3.64. The van der Waals surface area contributed by atoms with Crippen molar-refractivity contribution < 1.29 is 14.3 Å². The average Bonchev–Trinajstić information content (AvgIpc) is 3.09. The molecule has 5 rings (SSSR count). The normalized spacial score (nSPS) is 13.7. The van der Waals surface area contributed by atoms with Crippen molar-refractivity contribution in [3.05, 3.63) is 108 Å². The first kappa shape index (κ1) is 20.5. The second-order valence-electron chi connectivity index (χ2n) is 7.91. The van der Waals surface area contributed by atoms with Gasteiger partial charge in [-0.3, -0.25) is 9.59 Å². The highest BCUT2D eigenvalue weighted by molar-refractivity contribution is 6.46. The number of carbonyl (C=O) groups is 2. The van der Waals surface area contributed by atoms with E-state index in [9.17, 15) is 9.59 Å². The van der Waals surface area contributed by atoms with Crippen LogP contribution in [0.1, 0.15) is 11.1 Å². The maximum atomic E-state index is 13.6. The molecule has 5 heteroatoms. The molecule has 0 fully saturated rings. The minimum atomic E-state index is -0.386. The van der Waals surface area contributed by atoms with Crippen LogP contribution < -0.4 is 15.0 Å². The van der Waals surface area contributed by atoms with E-state index >= 15 is 0 Å². The number of imide groups is 1. The van der Waals surface area contributed by atoms with Crippen LogP contribution in [0, 0.1) is 6.92 Å². The molecule has 0 bridgehead atoms. The molecule has 0 unspecified atom stereocenters. The molecule has 2 amide bonds. The number of carbonyl (C=O) groups excluding carboxylic acids is 2. The van der Waals surface area contributed by atoms with Crippen molar-refractivity contribution in [2.45, 2.75) is 6.92 Å². The van der Waals surface area contributed by atoms with Gasteiger partial charge in [-0.15, -0.1) is 0 Å². The molecule has 1 aliphatic rings. The number of methoxy groups -OCH3 is 1. The van der Waals surface area contributed by atoms with Gasteiger partial charge in [0, 0.05) is 11.1 Å². The minimum absolute atomic E-state index is 0.252. The van der Waals surface area contributed by atoms with Gasteiger partial charge in [0.2, 0.25) is 0 Å². The fourth-order valence-corrected chi connectivity index (χ4v) is 4.07. The molecule has 0 saturated heterocycles. The average molecular weight is 434 g/mol. The van der Waals surface area contributed by atoms with Crippen LogP contribution in [0.5, 0.6) is 5.75 Å². The van der Waals surface area contributed by atoms with Crippen LogP contribution in [-0.2, 0) is 9.59 Å². The lowest BCUT2D eigenvalue weighted by molar-refractivity contribution is -0.120. The highest BCUT2D eigenvalue weighted by atomic mass is 16.5. The molecule has 0 aromatic heterocycles. The van der Waals surface area contributed by atoms with Gasteiger partial charge in [-0.05, 0) is 48.2 Å². The second kappa shape index (κ2) is 8.28. The lowest BCUT2D eigenvalue weighted by Crippen LogP contribution is -2.32. The van der Waals surface area contributed by atoms with E-state index in [4.69, 9.17) is 4.74 Å². The molecule has 0 aliphatic carbocycles. The van der Waals surface area contributed by atoms with Crippen molar-refractivity contribution in [1.82, 2.24) is 0 Å². The van der Waals surface area contributed by atoms with Gasteiger partial charge in [-0.2, -0.15) is 0 Å². The maximum Gasteiger partial charge on any atom is 0.282 e. The van der Waals surface area contributed by atoms with Crippen LogP contribution in [0.15, 0.2) is 96.7 Å². The summed E-state index contributed by atoms with van der Waals surface area (Å²) in [5, 5.41) is 5.30. The van der Waals surface area contributed by atoms with Crippen molar-refractivity contribution in [2.75, 3.05) is 17.3 Å². The smallest absolute Gasteiger partial charge is 0.282 e. The van der Waals surface area contributed by atoms with Gasteiger partial charge >= 0.3 is 0 Å². The second-order valence-corrected chi connectivity index (χ2v) is 7.91. The molecule has 1 N–H and O–H groups in total. The Balaban J connectivity index is 1.64. The Morgan fingerprint density at radius 3 is 2.18 bits per heavy atom. The van der Waals surface area contributed by atoms with E-state index in [2.05, 4.69) is 5.32 Å². The van der Waals surface area contributed by atoms with Gasteiger partial charge in [0.1, 0.15) is 11.4 Å².